The second-order valence-electron chi connectivity index (χ2n) is 6.57. The maximum atomic E-state index is 11.6. The van der Waals surface area contributed by atoms with Crippen molar-refractivity contribution in [1.29, 1.82) is 0 Å². The van der Waals surface area contributed by atoms with E-state index in [1.165, 1.54) is 7.11 Å². The summed E-state index contributed by atoms with van der Waals surface area (Å²) in [7, 11) is 1.35. The monoisotopic (exact) mass is 321 g/mol. The highest BCUT2D eigenvalue weighted by atomic mass is 16.6. The Balaban J connectivity index is 1.74. The molecule has 6 nitrogen and oxygen atoms in total. The molecule has 0 bridgehead atoms. The fourth-order valence-corrected chi connectivity index (χ4v) is 2.23. The van der Waals surface area contributed by atoms with Crippen LogP contribution < -0.4 is 10.1 Å². The molecule has 1 aromatic carbocycles. The number of carbonyl (C=O) groups excluding carboxylic acids is 2. The van der Waals surface area contributed by atoms with Crippen molar-refractivity contribution in [2.24, 2.45) is 0 Å². The Morgan fingerprint density at radius 3 is 2.26 bits per heavy atom. The zero-order valence-electron chi connectivity index (χ0n) is 13.9. The van der Waals surface area contributed by atoms with Crippen LogP contribution in [0.2, 0.25) is 0 Å². The summed E-state index contributed by atoms with van der Waals surface area (Å²) in [5.74, 6) is 0.320. The van der Waals surface area contributed by atoms with Crippen molar-refractivity contribution in [2.45, 2.75) is 51.4 Å². The second-order valence-corrected chi connectivity index (χ2v) is 6.57. The Hall–Kier alpha value is -2.24. The van der Waals surface area contributed by atoms with Gasteiger partial charge in [-0.1, -0.05) is 0 Å². The number of esters is 1. The van der Waals surface area contributed by atoms with E-state index in [1.54, 1.807) is 24.3 Å². The van der Waals surface area contributed by atoms with Crippen molar-refractivity contribution in [3.63, 3.8) is 0 Å². The van der Waals surface area contributed by atoms with Crippen LogP contribution >= 0.6 is 0 Å². The average Bonchev–Trinajstić information content (AvgIpc) is 2.43. The maximum Gasteiger partial charge on any atom is 0.407 e. The number of carbonyl (C=O) groups is 2. The minimum Gasteiger partial charge on any atom is -0.490 e. The molecule has 0 spiro atoms. The van der Waals surface area contributed by atoms with E-state index < -0.39 is 11.7 Å². The quantitative estimate of drug-likeness (QED) is 0.863. The molecule has 1 saturated carbocycles. The third-order valence-electron chi connectivity index (χ3n) is 3.39. The molecule has 0 unspecified atom stereocenters. The van der Waals surface area contributed by atoms with E-state index in [0.29, 0.717) is 11.3 Å². The highest BCUT2D eigenvalue weighted by molar-refractivity contribution is 5.89. The van der Waals surface area contributed by atoms with Gasteiger partial charge in [-0.3, -0.25) is 0 Å². The lowest BCUT2D eigenvalue weighted by atomic mass is 9.89. The number of amides is 1. The van der Waals surface area contributed by atoms with Crippen LogP contribution in [-0.4, -0.2) is 36.9 Å². The molecule has 1 aromatic rings. The lowest BCUT2D eigenvalue weighted by Gasteiger charge is -2.36. The van der Waals surface area contributed by atoms with Crippen molar-refractivity contribution < 1.29 is 23.8 Å². The minimum absolute atomic E-state index is 0.0545. The van der Waals surface area contributed by atoms with E-state index in [0.717, 1.165) is 12.8 Å². The first-order valence-electron chi connectivity index (χ1n) is 7.61. The number of alkyl carbamates (subject to hydrolysis) is 1. The Labute approximate surface area is 136 Å². The number of methoxy groups -OCH3 is 1. The number of rotatable bonds is 4. The topological polar surface area (TPSA) is 73.9 Å². The summed E-state index contributed by atoms with van der Waals surface area (Å²) in [4.78, 5) is 23.0. The lowest BCUT2D eigenvalue weighted by Crippen LogP contribution is -2.50. The van der Waals surface area contributed by atoms with Crippen LogP contribution in [0.1, 0.15) is 44.0 Å². The molecular formula is C17H23NO5. The zero-order chi connectivity index (χ0) is 17.0. The normalized spacial score (nSPS) is 20.2. The number of nitrogens with one attached hydrogen (secondary N) is 1. The molecule has 1 aliphatic carbocycles. The van der Waals surface area contributed by atoms with Crippen LogP contribution in [0.25, 0.3) is 0 Å². The smallest absolute Gasteiger partial charge is 0.407 e. The van der Waals surface area contributed by atoms with Crippen LogP contribution in [0.4, 0.5) is 4.79 Å². The molecule has 1 aliphatic rings. The molecule has 0 radical (unpaired) electrons. The largest absolute Gasteiger partial charge is 0.490 e. The lowest BCUT2D eigenvalue weighted by molar-refractivity contribution is 0.0362. The van der Waals surface area contributed by atoms with Crippen LogP contribution in [-0.2, 0) is 9.47 Å². The van der Waals surface area contributed by atoms with Gasteiger partial charge in [-0.2, -0.15) is 0 Å². The molecular weight excluding hydrogens is 298 g/mol. The predicted molar refractivity (Wildman–Crippen MR) is 84.6 cm³/mol. The Bertz CT molecular complexity index is 555. The molecule has 1 amide bonds. The van der Waals surface area contributed by atoms with E-state index in [9.17, 15) is 9.59 Å². The van der Waals surface area contributed by atoms with Gasteiger partial charge in [0, 0.05) is 18.9 Å². The molecule has 126 valence electrons. The van der Waals surface area contributed by atoms with Crippen LogP contribution in [0, 0.1) is 0 Å². The van der Waals surface area contributed by atoms with Crippen molar-refractivity contribution in [1.82, 2.24) is 5.32 Å². The van der Waals surface area contributed by atoms with Crippen LogP contribution in [0.5, 0.6) is 5.75 Å². The molecule has 0 atom stereocenters. The molecule has 1 N–H and O–H groups in total. The zero-order valence-corrected chi connectivity index (χ0v) is 13.9. The van der Waals surface area contributed by atoms with Gasteiger partial charge in [0.15, 0.2) is 0 Å². The SMILES string of the molecule is COC(=O)c1ccc(OC2CC(NC(=O)OC(C)(C)C)C2)cc1. The van der Waals surface area contributed by atoms with Crippen molar-refractivity contribution in [2.75, 3.05) is 7.11 Å². The van der Waals surface area contributed by atoms with E-state index in [2.05, 4.69) is 10.1 Å². The number of ether oxygens (including phenoxy) is 3. The molecule has 1 fully saturated rings. The van der Waals surface area contributed by atoms with Gasteiger partial charge in [0.1, 0.15) is 17.5 Å². The van der Waals surface area contributed by atoms with Gasteiger partial charge in [0.05, 0.1) is 12.7 Å². The van der Waals surface area contributed by atoms with Crippen molar-refractivity contribution >= 4 is 12.1 Å². The highest BCUT2D eigenvalue weighted by Gasteiger charge is 2.33. The van der Waals surface area contributed by atoms with E-state index in [-0.39, 0.29) is 18.1 Å². The standard InChI is InChI=1S/C17H23NO5/c1-17(2,3)23-16(20)18-12-9-14(10-12)22-13-7-5-11(6-8-13)15(19)21-4/h5-8,12,14H,9-10H2,1-4H3,(H,18,20). The Morgan fingerprint density at radius 1 is 1.13 bits per heavy atom. The summed E-state index contributed by atoms with van der Waals surface area (Å²) in [6.07, 6.45) is 1.12. The summed E-state index contributed by atoms with van der Waals surface area (Å²) >= 11 is 0. The van der Waals surface area contributed by atoms with Gasteiger partial charge < -0.3 is 19.5 Å². The van der Waals surface area contributed by atoms with Crippen LogP contribution in [0.15, 0.2) is 24.3 Å². The van der Waals surface area contributed by atoms with Crippen molar-refractivity contribution in [3.05, 3.63) is 29.8 Å². The molecule has 0 saturated heterocycles. The highest BCUT2D eigenvalue weighted by Crippen LogP contribution is 2.26. The Morgan fingerprint density at radius 2 is 1.74 bits per heavy atom. The van der Waals surface area contributed by atoms with Gasteiger partial charge in [-0.25, -0.2) is 9.59 Å². The van der Waals surface area contributed by atoms with Crippen LogP contribution in [0.3, 0.4) is 0 Å². The predicted octanol–water partition coefficient (Wildman–Crippen LogP) is 2.91. The summed E-state index contributed by atoms with van der Waals surface area (Å²) in [5.41, 5.74) is -0.0107. The third-order valence-corrected chi connectivity index (χ3v) is 3.39. The molecule has 2 rings (SSSR count). The summed E-state index contributed by atoms with van der Waals surface area (Å²) < 4.78 is 15.6. The minimum atomic E-state index is -0.495. The van der Waals surface area contributed by atoms with Gasteiger partial charge >= 0.3 is 12.1 Å². The van der Waals surface area contributed by atoms with Gasteiger partial charge in [-0.05, 0) is 45.0 Å². The van der Waals surface area contributed by atoms with E-state index >= 15 is 0 Å². The summed E-state index contributed by atoms with van der Waals surface area (Å²) in [6, 6.07) is 6.87. The first kappa shape index (κ1) is 17.1. The Kier molecular flexibility index (Phi) is 5.13. The fraction of sp³-hybridized carbons (Fsp3) is 0.529. The van der Waals surface area contributed by atoms with E-state index in [1.807, 2.05) is 20.8 Å². The van der Waals surface area contributed by atoms with Gasteiger partial charge in [0.25, 0.3) is 0 Å². The maximum absolute atomic E-state index is 11.6. The third kappa shape index (κ3) is 5.16. The number of hydrogen-bond donors (Lipinski definition) is 1. The molecule has 0 heterocycles. The van der Waals surface area contributed by atoms with E-state index in [4.69, 9.17) is 9.47 Å². The number of hydrogen-bond acceptors (Lipinski definition) is 5. The molecule has 6 heteroatoms. The summed E-state index contributed by atoms with van der Waals surface area (Å²) in [5, 5.41) is 2.82. The van der Waals surface area contributed by atoms with Gasteiger partial charge in [-0.15, -0.1) is 0 Å². The fourth-order valence-electron chi connectivity index (χ4n) is 2.23. The van der Waals surface area contributed by atoms with Gasteiger partial charge in [0.2, 0.25) is 0 Å². The first-order valence-corrected chi connectivity index (χ1v) is 7.61. The molecule has 23 heavy (non-hydrogen) atoms. The summed E-state index contributed by atoms with van der Waals surface area (Å²) in [6.45, 7) is 5.49. The second kappa shape index (κ2) is 6.89. The molecule has 0 aliphatic heterocycles. The van der Waals surface area contributed by atoms with Crippen molar-refractivity contribution in [3.8, 4) is 5.75 Å². The average molecular weight is 321 g/mol. The molecule has 0 aromatic heterocycles. The number of benzene rings is 1. The first-order chi connectivity index (χ1) is 10.8.